The predicted molar refractivity (Wildman–Crippen MR) is 85.8 cm³/mol. The Bertz CT molecular complexity index is 669. The predicted octanol–water partition coefficient (Wildman–Crippen LogP) is 2.88. The van der Waals surface area contributed by atoms with E-state index in [1.807, 2.05) is 18.2 Å². The Labute approximate surface area is 131 Å². The van der Waals surface area contributed by atoms with Crippen molar-refractivity contribution >= 4 is 39.8 Å². The second kappa shape index (κ2) is 5.91. The van der Waals surface area contributed by atoms with Crippen molar-refractivity contribution in [3.63, 3.8) is 0 Å². The van der Waals surface area contributed by atoms with Crippen LogP contribution in [0.25, 0.3) is 0 Å². The third-order valence-corrected chi connectivity index (χ3v) is 4.53. The van der Waals surface area contributed by atoms with E-state index in [0.29, 0.717) is 27.6 Å². The SMILES string of the molecule is Nc1nc(NC2CC2)sc1C(=O)NCc1ccccc1Cl. The standard InChI is InChI=1S/C14H15ClN4OS/c15-10-4-2-1-3-8(10)7-17-13(20)11-12(16)19-14(21-11)18-9-5-6-9/h1-4,9H,5-7,16H2,(H,17,20)(H,18,19). The van der Waals surface area contributed by atoms with Gasteiger partial charge in [-0.25, -0.2) is 4.98 Å². The first kappa shape index (κ1) is 14.2. The zero-order valence-corrected chi connectivity index (χ0v) is 12.8. The lowest BCUT2D eigenvalue weighted by Crippen LogP contribution is -2.22. The van der Waals surface area contributed by atoms with Gasteiger partial charge in [-0.15, -0.1) is 0 Å². The summed E-state index contributed by atoms with van der Waals surface area (Å²) in [6.45, 7) is 0.362. The molecule has 1 heterocycles. The minimum atomic E-state index is -0.228. The van der Waals surface area contributed by atoms with E-state index in [4.69, 9.17) is 17.3 Å². The topological polar surface area (TPSA) is 80.0 Å². The number of nitrogens with zero attached hydrogens (tertiary/aromatic N) is 1. The molecule has 110 valence electrons. The minimum Gasteiger partial charge on any atom is -0.382 e. The van der Waals surface area contributed by atoms with Crippen LogP contribution in [0, 0.1) is 0 Å². The molecule has 1 fully saturated rings. The van der Waals surface area contributed by atoms with E-state index < -0.39 is 0 Å². The molecule has 4 N–H and O–H groups in total. The Morgan fingerprint density at radius 2 is 2.19 bits per heavy atom. The zero-order valence-electron chi connectivity index (χ0n) is 11.2. The molecule has 21 heavy (non-hydrogen) atoms. The van der Waals surface area contributed by atoms with E-state index >= 15 is 0 Å². The molecule has 1 aromatic heterocycles. The Hall–Kier alpha value is -1.79. The first-order valence-corrected chi connectivity index (χ1v) is 7.87. The maximum Gasteiger partial charge on any atom is 0.265 e. The number of carbonyl (C=O) groups is 1. The number of halogens is 1. The van der Waals surface area contributed by atoms with Gasteiger partial charge in [-0.1, -0.05) is 41.1 Å². The van der Waals surface area contributed by atoms with E-state index in [-0.39, 0.29) is 11.7 Å². The maximum atomic E-state index is 12.2. The average Bonchev–Trinajstić information content (AvgIpc) is 3.19. The Morgan fingerprint density at radius 3 is 2.90 bits per heavy atom. The highest BCUT2D eigenvalue weighted by molar-refractivity contribution is 7.18. The Balaban J connectivity index is 1.64. The molecule has 0 saturated heterocycles. The van der Waals surface area contributed by atoms with Crippen LogP contribution in [0.5, 0.6) is 0 Å². The number of aromatic nitrogens is 1. The molecule has 5 nitrogen and oxygen atoms in total. The number of nitrogens with one attached hydrogen (secondary N) is 2. The van der Waals surface area contributed by atoms with Crippen molar-refractivity contribution in [2.75, 3.05) is 11.1 Å². The number of rotatable bonds is 5. The molecule has 1 saturated carbocycles. The quantitative estimate of drug-likeness (QED) is 0.790. The monoisotopic (exact) mass is 322 g/mol. The molecule has 0 bridgehead atoms. The second-order valence-corrected chi connectivity index (χ2v) is 6.33. The first-order valence-electron chi connectivity index (χ1n) is 6.68. The summed E-state index contributed by atoms with van der Waals surface area (Å²) >= 11 is 7.34. The molecular weight excluding hydrogens is 308 g/mol. The lowest BCUT2D eigenvalue weighted by atomic mass is 10.2. The molecule has 1 aromatic carbocycles. The summed E-state index contributed by atoms with van der Waals surface area (Å²) < 4.78 is 0. The van der Waals surface area contributed by atoms with E-state index in [2.05, 4.69) is 15.6 Å². The number of hydrogen-bond acceptors (Lipinski definition) is 5. The lowest BCUT2D eigenvalue weighted by molar-refractivity contribution is 0.0955. The van der Waals surface area contributed by atoms with Crippen LogP contribution in [0.4, 0.5) is 10.9 Å². The fourth-order valence-corrected chi connectivity index (χ4v) is 2.94. The molecule has 7 heteroatoms. The van der Waals surface area contributed by atoms with Gasteiger partial charge in [0.05, 0.1) is 0 Å². The van der Waals surface area contributed by atoms with E-state index in [9.17, 15) is 4.79 Å². The number of anilines is 2. The molecule has 1 aliphatic rings. The van der Waals surface area contributed by atoms with Gasteiger partial charge in [0.2, 0.25) is 0 Å². The largest absolute Gasteiger partial charge is 0.382 e. The van der Waals surface area contributed by atoms with Gasteiger partial charge in [-0.3, -0.25) is 4.79 Å². The normalized spacial score (nSPS) is 14.0. The average molecular weight is 323 g/mol. The number of benzene rings is 1. The Morgan fingerprint density at radius 1 is 1.43 bits per heavy atom. The van der Waals surface area contributed by atoms with Crippen molar-refractivity contribution < 1.29 is 4.79 Å². The molecule has 0 aliphatic heterocycles. The van der Waals surface area contributed by atoms with Gasteiger partial charge in [-0.2, -0.15) is 0 Å². The number of amides is 1. The zero-order chi connectivity index (χ0) is 14.8. The highest BCUT2D eigenvalue weighted by atomic mass is 35.5. The van der Waals surface area contributed by atoms with Crippen molar-refractivity contribution in [1.82, 2.24) is 10.3 Å². The van der Waals surface area contributed by atoms with Crippen LogP contribution in [-0.2, 0) is 6.54 Å². The molecule has 0 radical (unpaired) electrons. The fraction of sp³-hybridized carbons (Fsp3) is 0.286. The molecule has 0 unspecified atom stereocenters. The molecular formula is C14H15ClN4OS. The van der Waals surface area contributed by atoms with E-state index in [1.54, 1.807) is 6.07 Å². The van der Waals surface area contributed by atoms with Gasteiger partial charge in [0, 0.05) is 17.6 Å². The van der Waals surface area contributed by atoms with Crippen molar-refractivity contribution in [1.29, 1.82) is 0 Å². The van der Waals surface area contributed by atoms with E-state index in [0.717, 1.165) is 18.4 Å². The molecule has 1 amide bonds. The number of carbonyl (C=O) groups excluding carboxylic acids is 1. The van der Waals surface area contributed by atoms with Crippen LogP contribution < -0.4 is 16.4 Å². The van der Waals surface area contributed by atoms with Crippen LogP contribution in [0.1, 0.15) is 28.1 Å². The molecule has 3 rings (SSSR count). The van der Waals surface area contributed by atoms with Gasteiger partial charge in [0.1, 0.15) is 10.7 Å². The summed E-state index contributed by atoms with van der Waals surface area (Å²) in [7, 11) is 0. The molecule has 1 aliphatic carbocycles. The number of thiazole rings is 1. The lowest BCUT2D eigenvalue weighted by Gasteiger charge is -2.05. The van der Waals surface area contributed by atoms with Crippen LogP contribution in [-0.4, -0.2) is 16.9 Å². The van der Waals surface area contributed by atoms with Crippen LogP contribution >= 0.6 is 22.9 Å². The summed E-state index contributed by atoms with van der Waals surface area (Å²) in [5.41, 5.74) is 6.68. The van der Waals surface area contributed by atoms with Crippen molar-refractivity contribution in [2.45, 2.75) is 25.4 Å². The highest BCUT2D eigenvalue weighted by Crippen LogP contribution is 2.30. The van der Waals surface area contributed by atoms with Gasteiger partial charge in [-0.05, 0) is 24.5 Å². The molecule has 0 spiro atoms. The third kappa shape index (κ3) is 3.46. The third-order valence-electron chi connectivity index (χ3n) is 3.16. The molecule has 2 aromatic rings. The van der Waals surface area contributed by atoms with Crippen molar-refractivity contribution in [3.05, 3.63) is 39.7 Å². The fourth-order valence-electron chi connectivity index (χ4n) is 1.86. The summed E-state index contributed by atoms with van der Waals surface area (Å²) in [6, 6.07) is 7.88. The smallest absolute Gasteiger partial charge is 0.265 e. The van der Waals surface area contributed by atoms with Crippen LogP contribution in [0.15, 0.2) is 24.3 Å². The Kier molecular flexibility index (Phi) is 3.98. The van der Waals surface area contributed by atoms with Crippen molar-refractivity contribution in [2.24, 2.45) is 0 Å². The van der Waals surface area contributed by atoms with Crippen molar-refractivity contribution in [3.8, 4) is 0 Å². The highest BCUT2D eigenvalue weighted by Gasteiger charge is 2.24. The first-order chi connectivity index (χ1) is 10.1. The van der Waals surface area contributed by atoms with Crippen LogP contribution in [0.2, 0.25) is 5.02 Å². The number of hydrogen-bond donors (Lipinski definition) is 3. The van der Waals surface area contributed by atoms with Gasteiger partial charge in [0.15, 0.2) is 5.13 Å². The van der Waals surface area contributed by atoms with Gasteiger partial charge in [0.25, 0.3) is 5.91 Å². The van der Waals surface area contributed by atoms with Crippen LogP contribution in [0.3, 0.4) is 0 Å². The summed E-state index contributed by atoms with van der Waals surface area (Å²) in [6.07, 6.45) is 2.29. The number of nitrogens with two attached hydrogens (primary N) is 1. The summed E-state index contributed by atoms with van der Waals surface area (Å²) in [5.74, 6) is 0.0357. The second-order valence-electron chi connectivity index (χ2n) is 4.93. The summed E-state index contributed by atoms with van der Waals surface area (Å²) in [5, 5.41) is 7.40. The number of nitrogen functional groups attached to an aromatic ring is 1. The maximum absolute atomic E-state index is 12.2. The van der Waals surface area contributed by atoms with E-state index in [1.165, 1.54) is 11.3 Å². The summed E-state index contributed by atoms with van der Waals surface area (Å²) in [4.78, 5) is 16.8. The van der Waals surface area contributed by atoms with Gasteiger partial charge < -0.3 is 16.4 Å². The minimum absolute atomic E-state index is 0.228. The molecule has 0 atom stereocenters. The van der Waals surface area contributed by atoms with Gasteiger partial charge >= 0.3 is 0 Å².